The lowest BCUT2D eigenvalue weighted by atomic mass is 9.86. The topological polar surface area (TPSA) is 32.3 Å². The fourth-order valence-electron chi connectivity index (χ4n) is 2.92. The molecule has 19 heavy (non-hydrogen) atoms. The molecule has 3 nitrogen and oxygen atoms in total. The highest BCUT2D eigenvalue weighted by molar-refractivity contribution is 5.97. The van der Waals surface area contributed by atoms with E-state index in [0.29, 0.717) is 0 Å². The predicted octanol–water partition coefficient (Wildman–Crippen LogP) is 2.04. The third kappa shape index (κ3) is 1.95. The Kier molecular flexibility index (Phi) is 2.90. The number of carbonyl (C=O) groups excluding carboxylic acids is 1. The van der Waals surface area contributed by atoms with Crippen LogP contribution in [0.3, 0.4) is 0 Å². The van der Waals surface area contributed by atoms with Gasteiger partial charge in [0, 0.05) is 19.2 Å². The average molecular weight is 254 g/mol. The van der Waals surface area contributed by atoms with Gasteiger partial charge >= 0.3 is 0 Å². The Morgan fingerprint density at radius 3 is 2.95 bits per heavy atom. The Morgan fingerprint density at radius 2 is 2.21 bits per heavy atom. The number of benzene rings is 1. The van der Waals surface area contributed by atoms with Crippen LogP contribution in [0, 0.1) is 6.92 Å². The number of fused-ring (bicyclic) bond motifs is 1. The number of aryl methyl sites for hydroxylation is 1. The minimum absolute atomic E-state index is 0.130. The largest absolute Gasteiger partial charge is 0.387 e. The molecule has 0 aromatic heterocycles. The number of hydrogen-bond acceptors (Lipinski definition) is 2. The molecule has 1 atom stereocenters. The van der Waals surface area contributed by atoms with Crippen molar-refractivity contribution in [3.05, 3.63) is 58.8 Å². The SMILES string of the molecule is Cc1cccc2c1CC(C1=CC=CNC1)N(C)C2=O. The highest BCUT2D eigenvalue weighted by Crippen LogP contribution is 2.28. The van der Waals surface area contributed by atoms with Crippen molar-refractivity contribution >= 4 is 5.91 Å². The summed E-state index contributed by atoms with van der Waals surface area (Å²) in [5.74, 6) is 0.130. The summed E-state index contributed by atoms with van der Waals surface area (Å²) in [5.41, 5.74) is 4.54. The van der Waals surface area contributed by atoms with Gasteiger partial charge in [0.2, 0.25) is 0 Å². The molecule has 2 heterocycles. The summed E-state index contributed by atoms with van der Waals surface area (Å²) in [7, 11) is 1.90. The summed E-state index contributed by atoms with van der Waals surface area (Å²) >= 11 is 0. The quantitative estimate of drug-likeness (QED) is 0.831. The predicted molar refractivity (Wildman–Crippen MR) is 76.0 cm³/mol. The van der Waals surface area contributed by atoms with E-state index in [-0.39, 0.29) is 11.9 Å². The van der Waals surface area contributed by atoms with Crippen LogP contribution in [0.15, 0.2) is 42.1 Å². The van der Waals surface area contributed by atoms with Crippen LogP contribution < -0.4 is 5.32 Å². The molecule has 2 aliphatic rings. The van der Waals surface area contributed by atoms with Gasteiger partial charge in [-0.2, -0.15) is 0 Å². The first-order chi connectivity index (χ1) is 9.18. The molecule has 0 bridgehead atoms. The Hall–Kier alpha value is -2.03. The van der Waals surface area contributed by atoms with Crippen LogP contribution >= 0.6 is 0 Å². The summed E-state index contributed by atoms with van der Waals surface area (Å²) in [6, 6.07) is 6.15. The molecule has 0 spiro atoms. The van der Waals surface area contributed by atoms with E-state index in [4.69, 9.17) is 0 Å². The van der Waals surface area contributed by atoms with Crippen molar-refractivity contribution < 1.29 is 4.79 Å². The fourth-order valence-corrected chi connectivity index (χ4v) is 2.92. The molecule has 98 valence electrons. The minimum atomic E-state index is 0.130. The zero-order valence-corrected chi connectivity index (χ0v) is 11.3. The van der Waals surface area contributed by atoms with Crippen molar-refractivity contribution in [3.63, 3.8) is 0 Å². The van der Waals surface area contributed by atoms with Gasteiger partial charge in [-0.3, -0.25) is 4.79 Å². The number of dihydropyridines is 1. The summed E-state index contributed by atoms with van der Waals surface area (Å²) in [4.78, 5) is 14.4. The average Bonchev–Trinajstić information content (AvgIpc) is 2.44. The standard InChI is InChI=1S/C16H18N2O/c1-11-5-3-7-13-14(11)9-15(18(2)16(13)19)12-6-4-8-17-10-12/h3-8,15,17H,9-10H2,1-2H3. The molecule has 1 unspecified atom stereocenters. The number of amides is 1. The molecule has 2 aliphatic heterocycles. The maximum absolute atomic E-state index is 12.5. The van der Waals surface area contributed by atoms with Crippen molar-refractivity contribution in [1.82, 2.24) is 10.2 Å². The third-order valence-corrected chi connectivity index (χ3v) is 4.08. The number of nitrogens with one attached hydrogen (secondary N) is 1. The van der Waals surface area contributed by atoms with Crippen molar-refractivity contribution in [2.75, 3.05) is 13.6 Å². The van der Waals surface area contributed by atoms with Gasteiger partial charge in [0.05, 0.1) is 6.04 Å². The number of rotatable bonds is 1. The number of allylic oxidation sites excluding steroid dienone is 2. The summed E-state index contributed by atoms with van der Waals surface area (Å²) in [5, 5.41) is 3.22. The van der Waals surface area contributed by atoms with Crippen molar-refractivity contribution in [1.29, 1.82) is 0 Å². The highest BCUT2D eigenvalue weighted by Gasteiger charge is 2.32. The first-order valence-corrected chi connectivity index (χ1v) is 6.63. The van der Waals surface area contributed by atoms with Crippen LogP contribution in [0.5, 0.6) is 0 Å². The lowest BCUT2D eigenvalue weighted by Gasteiger charge is -2.36. The molecule has 0 aliphatic carbocycles. The Labute approximate surface area is 113 Å². The van der Waals surface area contributed by atoms with Gasteiger partial charge in [0.1, 0.15) is 0 Å². The second-order valence-corrected chi connectivity index (χ2v) is 5.22. The van der Waals surface area contributed by atoms with Crippen LogP contribution in [0.25, 0.3) is 0 Å². The van der Waals surface area contributed by atoms with Crippen molar-refractivity contribution in [2.24, 2.45) is 0 Å². The number of likely N-dealkylation sites (N-methyl/N-ethyl adjacent to an activating group) is 1. The van der Waals surface area contributed by atoms with Crippen LogP contribution in [0.2, 0.25) is 0 Å². The minimum Gasteiger partial charge on any atom is -0.387 e. The first kappa shape index (κ1) is 12.0. The third-order valence-electron chi connectivity index (χ3n) is 4.08. The second-order valence-electron chi connectivity index (χ2n) is 5.22. The Balaban J connectivity index is 2.02. The van der Waals surface area contributed by atoms with E-state index in [1.807, 2.05) is 36.4 Å². The molecule has 3 rings (SSSR count). The maximum Gasteiger partial charge on any atom is 0.254 e. The molecule has 1 aromatic carbocycles. The van der Waals surface area contributed by atoms with Gasteiger partial charge in [-0.05, 0) is 48.4 Å². The number of hydrogen-bond donors (Lipinski definition) is 1. The van der Waals surface area contributed by atoms with Crippen LogP contribution in [0.4, 0.5) is 0 Å². The Bertz CT molecular complexity index is 586. The van der Waals surface area contributed by atoms with Crippen molar-refractivity contribution in [3.8, 4) is 0 Å². The van der Waals surface area contributed by atoms with Crippen LogP contribution in [-0.2, 0) is 6.42 Å². The van der Waals surface area contributed by atoms with Crippen molar-refractivity contribution in [2.45, 2.75) is 19.4 Å². The van der Waals surface area contributed by atoms with Crippen LogP contribution in [0.1, 0.15) is 21.5 Å². The van der Waals surface area contributed by atoms with Gasteiger partial charge in [0.25, 0.3) is 5.91 Å². The van der Waals surface area contributed by atoms with Gasteiger partial charge < -0.3 is 10.2 Å². The zero-order valence-electron chi connectivity index (χ0n) is 11.3. The lowest BCUT2D eigenvalue weighted by molar-refractivity contribution is 0.0730. The maximum atomic E-state index is 12.5. The normalized spacial score (nSPS) is 21.8. The van der Waals surface area contributed by atoms with E-state index < -0.39 is 0 Å². The van der Waals surface area contributed by atoms with E-state index >= 15 is 0 Å². The Morgan fingerprint density at radius 1 is 1.37 bits per heavy atom. The first-order valence-electron chi connectivity index (χ1n) is 6.63. The fraction of sp³-hybridized carbons (Fsp3) is 0.312. The summed E-state index contributed by atoms with van der Waals surface area (Å²) in [6.07, 6.45) is 6.97. The monoisotopic (exact) mass is 254 g/mol. The van der Waals surface area contributed by atoms with E-state index in [1.54, 1.807) is 0 Å². The molecule has 0 radical (unpaired) electrons. The van der Waals surface area contributed by atoms with E-state index in [0.717, 1.165) is 18.5 Å². The number of carbonyl (C=O) groups is 1. The highest BCUT2D eigenvalue weighted by atomic mass is 16.2. The van der Waals surface area contributed by atoms with Gasteiger partial charge in [-0.25, -0.2) is 0 Å². The molecule has 3 heteroatoms. The van der Waals surface area contributed by atoms with E-state index in [1.165, 1.54) is 16.7 Å². The molecule has 0 saturated heterocycles. The van der Waals surface area contributed by atoms with Gasteiger partial charge in [-0.15, -0.1) is 0 Å². The summed E-state index contributed by atoms with van der Waals surface area (Å²) < 4.78 is 0. The van der Waals surface area contributed by atoms with E-state index in [2.05, 4.69) is 24.4 Å². The van der Waals surface area contributed by atoms with Gasteiger partial charge in [-0.1, -0.05) is 18.2 Å². The van der Waals surface area contributed by atoms with Crippen LogP contribution in [-0.4, -0.2) is 30.4 Å². The van der Waals surface area contributed by atoms with E-state index in [9.17, 15) is 4.79 Å². The zero-order chi connectivity index (χ0) is 13.4. The molecular weight excluding hydrogens is 236 g/mol. The molecule has 1 N–H and O–H groups in total. The molecule has 1 aromatic rings. The summed E-state index contributed by atoms with van der Waals surface area (Å²) in [6.45, 7) is 2.90. The number of nitrogens with zero attached hydrogens (tertiary/aromatic N) is 1. The molecular formula is C16H18N2O. The molecule has 0 fully saturated rings. The molecule has 0 saturated carbocycles. The molecule has 1 amide bonds. The lowest BCUT2D eigenvalue weighted by Crippen LogP contribution is -2.46. The second kappa shape index (κ2) is 4.57. The smallest absolute Gasteiger partial charge is 0.254 e. The van der Waals surface area contributed by atoms with Gasteiger partial charge in [0.15, 0.2) is 0 Å².